The van der Waals surface area contributed by atoms with Gasteiger partial charge in [0.1, 0.15) is 5.60 Å². The van der Waals surface area contributed by atoms with Crippen LogP contribution in [0.5, 0.6) is 0 Å². The SMILES string of the molecule is CCC1(OC)C=CC(=O)C=C1. The number of hydrogen-bond acceptors (Lipinski definition) is 2. The summed E-state index contributed by atoms with van der Waals surface area (Å²) in [6.45, 7) is 2.02. The van der Waals surface area contributed by atoms with E-state index in [9.17, 15) is 4.79 Å². The number of ether oxygens (including phenoxy) is 1. The zero-order chi connectivity index (χ0) is 8.32. The highest BCUT2D eigenvalue weighted by Crippen LogP contribution is 2.21. The smallest absolute Gasteiger partial charge is 0.178 e. The van der Waals surface area contributed by atoms with E-state index in [4.69, 9.17) is 4.74 Å². The molecule has 2 nitrogen and oxygen atoms in total. The number of carbonyl (C=O) groups excluding carboxylic acids is 1. The standard InChI is InChI=1S/C9H12O2/c1-3-9(11-2)6-4-8(10)5-7-9/h4-7H,3H2,1-2H3. The number of hydrogen-bond donors (Lipinski definition) is 0. The van der Waals surface area contributed by atoms with Gasteiger partial charge in [0.15, 0.2) is 5.78 Å². The Balaban J connectivity index is 2.81. The van der Waals surface area contributed by atoms with E-state index in [2.05, 4.69) is 0 Å². The van der Waals surface area contributed by atoms with E-state index >= 15 is 0 Å². The van der Waals surface area contributed by atoms with Crippen molar-refractivity contribution < 1.29 is 9.53 Å². The van der Waals surface area contributed by atoms with E-state index in [0.717, 1.165) is 6.42 Å². The first kappa shape index (κ1) is 8.21. The molecule has 0 aromatic rings. The molecule has 60 valence electrons. The second-order valence-corrected chi connectivity index (χ2v) is 2.58. The van der Waals surface area contributed by atoms with Crippen molar-refractivity contribution >= 4 is 5.78 Å². The first-order valence-electron chi connectivity index (χ1n) is 3.70. The molecule has 0 fully saturated rings. The highest BCUT2D eigenvalue weighted by molar-refractivity contribution is 6.00. The lowest BCUT2D eigenvalue weighted by Gasteiger charge is -2.25. The minimum atomic E-state index is -0.339. The molecule has 0 aliphatic heterocycles. The monoisotopic (exact) mass is 152 g/mol. The molecule has 0 unspecified atom stereocenters. The lowest BCUT2D eigenvalue weighted by molar-refractivity contribution is -0.110. The summed E-state index contributed by atoms with van der Waals surface area (Å²) in [5, 5.41) is 0. The Morgan fingerprint density at radius 3 is 2.36 bits per heavy atom. The van der Waals surface area contributed by atoms with Crippen LogP contribution in [0.4, 0.5) is 0 Å². The van der Waals surface area contributed by atoms with E-state index < -0.39 is 0 Å². The summed E-state index contributed by atoms with van der Waals surface area (Å²) in [4.78, 5) is 10.8. The minimum absolute atomic E-state index is 0.0334. The topological polar surface area (TPSA) is 26.3 Å². The molecule has 0 saturated carbocycles. The molecular weight excluding hydrogens is 140 g/mol. The van der Waals surface area contributed by atoms with Crippen LogP contribution in [0.3, 0.4) is 0 Å². The molecule has 0 aromatic heterocycles. The lowest BCUT2D eigenvalue weighted by Crippen LogP contribution is -2.27. The molecule has 0 N–H and O–H groups in total. The summed E-state index contributed by atoms with van der Waals surface area (Å²) in [6.07, 6.45) is 7.55. The van der Waals surface area contributed by atoms with Crippen molar-refractivity contribution in [2.24, 2.45) is 0 Å². The highest BCUT2D eigenvalue weighted by atomic mass is 16.5. The van der Waals surface area contributed by atoms with Gasteiger partial charge in [-0.05, 0) is 30.7 Å². The Labute approximate surface area is 66.5 Å². The lowest BCUT2D eigenvalue weighted by atomic mass is 9.95. The molecule has 0 atom stereocenters. The van der Waals surface area contributed by atoms with Crippen molar-refractivity contribution in [3.8, 4) is 0 Å². The van der Waals surface area contributed by atoms with Crippen molar-refractivity contribution in [1.29, 1.82) is 0 Å². The van der Waals surface area contributed by atoms with Crippen LogP contribution in [0.1, 0.15) is 13.3 Å². The number of methoxy groups -OCH3 is 1. The van der Waals surface area contributed by atoms with Crippen LogP contribution < -0.4 is 0 Å². The average molecular weight is 152 g/mol. The van der Waals surface area contributed by atoms with Gasteiger partial charge in [0.05, 0.1) is 0 Å². The maximum Gasteiger partial charge on any atom is 0.178 e. The van der Waals surface area contributed by atoms with Gasteiger partial charge in [0.2, 0.25) is 0 Å². The van der Waals surface area contributed by atoms with E-state index in [1.54, 1.807) is 31.4 Å². The molecule has 0 radical (unpaired) electrons. The first-order chi connectivity index (χ1) is 5.22. The normalized spacial score (nSPS) is 20.7. The Bertz CT molecular complexity index is 192. The summed E-state index contributed by atoms with van der Waals surface area (Å²) >= 11 is 0. The predicted octanol–water partition coefficient (Wildman–Crippen LogP) is 1.48. The van der Waals surface area contributed by atoms with Crippen LogP contribution in [-0.4, -0.2) is 18.5 Å². The van der Waals surface area contributed by atoms with E-state index in [-0.39, 0.29) is 11.4 Å². The van der Waals surface area contributed by atoms with Crippen LogP contribution in [0, 0.1) is 0 Å². The molecule has 0 amide bonds. The summed E-state index contributed by atoms with van der Waals surface area (Å²) < 4.78 is 5.25. The maximum atomic E-state index is 10.8. The molecule has 1 aliphatic carbocycles. The Kier molecular flexibility index (Phi) is 2.25. The molecule has 2 heteroatoms. The van der Waals surface area contributed by atoms with Gasteiger partial charge in [-0.3, -0.25) is 4.79 Å². The molecule has 0 saturated heterocycles. The molecule has 11 heavy (non-hydrogen) atoms. The molecule has 0 aromatic carbocycles. The van der Waals surface area contributed by atoms with Gasteiger partial charge in [0, 0.05) is 7.11 Å². The van der Waals surface area contributed by atoms with E-state index in [1.165, 1.54) is 0 Å². The second-order valence-electron chi connectivity index (χ2n) is 2.58. The van der Waals surface area contributed by atoms with Gasteiger partial charge in [-0.2, -0.15) is 0 Å². The zero-order valence-electron chi connectivity index (χ0n) is 6.83. The third-order valence-corrected chi connectivity index (χ3v) is 1.99. The number of ketones is 1. The van der Waals surface area contributed by atoms with Gasteiger partial charge in [-0.25, -0.2) is 0 Å². The van der Waals surface area contributed by atoms with Gasteiger partial charge in [-0.1, -0.05) is 6.92 Å². The van der Waals surface area contributed by atoms with Crippen LogP contribution in [-0.2, 0) is 9.53 Å². The van der Waals surface area contributed by atoms with Gasteiger partial charge in [0.25, 0.3) is 0 Å². The fraction of sp³-hybridized carbons (Fsp3) is 0.444. The summed E-state index contributed by atoms with van der Waals surface area (Å²) in [5.41, 5.74) is -0.339. The van der Waals surface area contributed by atoms with E-state index in [1.807, 2.05) is 6.92 Å². The third-order valence-electron chi connectivity index (χ3n) is 1.99. The Morgan fingerprint density at radius 2 is 2.00 bits per heavy atom. The number of rotatable bonds is 2. The molecular formula is C9H12O2. The third kappa shape index (κ3) is 1.57. The quantitative estimate of drug-likeness (QED) is 0.599. The van der Waals surface area contributed by atoms with Crippen molar-refractivity contribution in [2.75, 3.05) is 7.11 Å². The van der Waals surface area contributed by atoms with Crippen LogP contribution >= 0.6 is 0 Å². The van der Waals surface area contributed by atoms with Gasteiger partial charge in [-0.15, -0.1) is 0 Å². The van der Waals surface area contributed by atoms with Crippen molar-refractivity contribution in [2.45, 2.75) is 18.9 Å². The Hall–Kier alpha value is -0.890. The number of carbonyl (C=O) groups is 1. The maximum absolute atomic E-state index is 10.8. The average Bonchev–Trinajstić information content (AvgIpc) is 2.07. The molecule has 1 aliphatic rings. The molecule has 0 heterocycles. The van der Waals surface area contributed by atoms with E-state index in [0.29, 0.717) is 0 Å². The van der Waals surface area contributed by atoms with Gasteiger partial charge >= 0.3 is 0 Å². The van der Waals surface area contributed by atoms with Crippen molar-refractivity contribution in [3.05, 3.63) is 24.3 Å². The highest BCUT2D eigenvalue weighted by Gasteiger charge is 2.23. The minimum Gasteiger partial charge on any atom is -0.370 e. The largest absolute Gasteiger partial charge is 0.370 e. The fourth-order valence-corrected chi connectivity index (χ4v) is 1.07. The number of allylic oxidation sites excluding steroid dienone is 2. The van der Waals surface area contributed by atoms with Crippen LogP contribution in [0.15, 0.2) is 24.3 Å². The molecule has 0 bridgehead atoms. The fourth-order valence-electron chi connectivity index (χ4n) is 1.07. The Morgan fingerprint density at radius 1 is 1.45 bits per heavy atom. The van der Waals surface area contributed by atoms with Crippen LogP contribution in [0.25, 0.3) is 0 Å². The summed E-state index contributed by atoms with van der Waals surface area (Å²) in [7, 11) is 1.65. The molecule has 1 rings (SSSR count). The summed E-state index contributed by atoms with van der Waals surface area (Å²) in [6, 6.07) is 0. The first-order valence-corrected chi connectivity index (χ1v) is 3.70. The van der Waals surface area contributed by atoms with Crippen molar-refractivity contribution in [3.63, 3.8) is 0 Å². The second kappa shape index (κ2) is 3.01. The van der Waals surface area contributed by atoms with Crippen LogP contribution in [0.2, 0.25) is 0 Å². The zero-order valence-corrected chi connectivity index (χ0v) is 6.83. The van der Waals surface area contributed by atoms with Gasteiger partial charge < -0.3 is 4.74 Å². The molecule has 0 spiro atoms. The summed E-state index contributed by atoms with van der Waals surface area (Å²) in [5.74, 6) is 0.0334. The predicted molar refractivity (Wildman–Crippen MR) is 43.3 cm³/mol. The van der Waals surface area contributed by atoms with Crippen molar-refractivity contribution in [1.82, 2.24) is 0 Å².